The van der Waals surface area contributed by atoms with Gasteiger partial charge in [-0.05, 0) is 38.5 Å². The van der Waals surface area contributed by atoms with E-state index >= 15 is 0 Å². The van der Waals surface area contributed by atoms with E-state index < -0.39 is 0 Å². The second-order valence-corrected chi connectivity index (χ2v) is 6.10. The minimum atomic E-state index is 0.475. The molecule has 0 saturated heterocycles. The minimum Gasteiger partial charge on any atom is -0.338 e. The van der Waals surface area contributed by atoms with Crippen LogP contribution in [0.5, 0.6) is 0 Å². The van der Waals surface area contributed by atoms with Gasteiger partial charge in [-0.3, -0.25) is 0 Å². The van der Waals surface area contributed by atoms with Crippen LogP contribution in [0.3, 0.4) is 0 Å². The number of nitriles is 1. The van der Waals surface area contributed by atoms with Crippen LogP contribution in [0.15, 0.2) is 29.6 Å². The molecule has 3 rings (SSSR count). The maximum atomic E-state index is 9.37. The fourth-order valence-electron chi connectivity index (χ4n) is 2.19. The zero-order valence-corrected chi connectivity index (χ0v) is 13.9. The van der Waals surface area contributed by atoms with Gasteiger partial charge in [0.05, 0.1) is 5.69 Å². The van der Waals surface area contributed by atoms with Gasteiger partial charge < -0.3 is 5.32 Å². The number of hydrogen-bond acceptors (Lipinski definition) is 6. The number of hydrogen-bond donors (Lipinski definition) is 1. The van der Waals surface area contributed by atoms with Crippen LogP contribution in [0.25, 0.3) is 10.6 Å². The Morgan fingerprint density at radius 1 is 1.17 bits per heavy atom. The number of benzene rings is 1. The normalized spacial score (nSPS) is 10.3. The summed E-state index contributed by atoms with van der Waals surface area (Å²) in [7, 11) is 0. The smallest absolute Gasteiger partial charge is 0.171 e. The highest BCUT2D eigenvalue weighted by Gasteiger charge is 2.11. The SMILES string of the molecule is Cc1csc(-c2cccc(Nc3nnc(C)c(C)c3C#N)c2)n1. The summed E-state index contributed by atoms with van der Waals surface area (Å²) in [5.41, 5.74) is 5.02. The van der Waals surface area contributed by atoms with E-state index in [2.05, 4.69) is 26.6 Å². The van der Waals surface area contributed by atoms with E-state index in [1.165, 1.54) is 0 Å². The first-order chi connectivity index (χ1) is 11.1. The van der Waals surface area contributed by atoms with Gasteiger partial charge in [0.15, 0.2) is 5.82 Å². The van der Waals surface area contributed by atoms with Crippen molar-refractivity contribution in [2.24, 2.45) is 0 Å². The fraction of sp³-hybridized carbons (Fsp3) is 0.176. The molecule has 0 atom stereocenters. The topological polar surface area (TPSA) is 74.5 Å². The predicted octanol–water partition coefficient (Wildman–Crippen LogP) is 4.14. The molecule has 0 aliphatic heterocycles. The van der Waals surface area contributed by atoms with E-state index in [9.17, 15) is 5.26 Å². The summed E-state index contributed by atoms with van der Waals surface area (Å²) >= 11 is 1.61. The molecule has 0 aliphatic carbocycles. The highest BCUT2D eigenvalue weighted by molar-refractivity contribution is 7.13. The number of aryl methyl sites for hydroxylation is 2. The molecule has 0 amide bonds. The third kappa shape index (κ3) is 3.05. The summed E-state index contributed by atoms with van der Waals surface area (Å²) < 4.78 is 0. The Balaban J connectivity index is 1.96. The summed E-state index contributed by atoms with van der Waals surface area (Å²) in [6, 6.07) is 10.1. The van der Waals surface area contributed by atoms with Gasteiger partial charge in [0, 0.05) is 22.3 Å². The van der Waals surface area contributed by atoms with E-state index in [1.807, 2.05) is 50.4 Å². The average Bonchev–Trinajstić information content (AvgIpc) is 2.98. The standard InChI is InChI=1S/C17H15N5S/c1-10-9-23-17(19-10)13-5-4-6-14(7-13)20-16-15(8-18)11(2)12(3)21-22-16/h4-7,9H,1-3H3,(H,20,22). The van der Waals surface area contributed by atoms with Gasteiger partial charge in [0.1, 0.15) is 16.6 Å². The number of anilines is 2. The van der Waals surface area contributed by atoms with Crippen molar-refractivity contribution in [3.05, 3.63) is 52.2 Å². The van der Waals surface area contributed by atoms with E-state index in [1.54, 1.807) is 11.3 Å². The van der Waals surface area contributed by atoms with Crippen molar-refractivity contribution in [3.8, 4) is 16.6 Å². The first-order valence-corrected chi connectivity index (χ1v) is 8.00. The molecule has 1 aromatic carbocycles. The molecule has 0 radical (unpaired) electrons. The Morgan fingerprint density at radius 3 is 2.70 bits per heavy atom. The Kier molecular flexibility index (Phi) is 4.04. The average molecular weight is 321 g/mol. The van der Waals surface area contributed by atoms with Crippen molar-refractivity contribution in [3.63, 3.8) is 0 Å². The molecule has 5 nitrogen and oxygen atoms in total. The molecule has 23 heavy (non-hydrogen) atoms. The molecule has 2 heterocycles. The van der Waals surface area contributed by atoms with Crippen LogP contribution >= 0.6 is 11.3 Å². The molecule has 0 aliphatic rings. The van der Waals surface area contributed by atoms with E-state index in [0.29, 0.717) is 11.4 Å². The highest BCUT2D eigenvalue weighted by atomic mass is 32.1. The van der Waals surface area contributed by atoms with Crippen LogP contribution in [0.2, 0.25) is 0 Å². The van der Waals surface area contributed by atoms with Crippen molar-refractivity contribution >= 4 is 22.8 Å². The third-order valence-corrected chi connectivity index (χ3v) is 4.57. The van der Waals surface area contributed by atoms with Crippen LogP contribution in [-0.2, 0) is 0 Å². The molecule has 0 unspecified atom stereocenters. The van der Waals surface area contributed by atoms with Crippen molar-refractivity contribution < 1.29 is 0 Å². The van der Waals surface area contributed by atoms with Crippen LogP contribution < -0.4 is 5.32 Å². The van der Waals surface area contributed by atoms with E-state index in [0.717, 1.165) is 33.2 Å². The van der Waals surface area contributed by atoms with Gasteiger partial charge in [-0.15, -0.1) is 16.4 Å². The molecule has 2 aromatic heterocycles. The molecule has 0 saturated carbocycles. The largest absolute Gasteiger partial charge is 0.338 e. The number of nitrogens with one attached hydrogen (secondary N) is 1. The monoisotopic (exact) mass is 321 g/mol. The molecular formula is C17H15N5S. The fourth-order valence-corrected chi connectivity index (χ4v) is 2.98. The first-order valence-electron chi connectivity index (χ1n) is 7.12. The lowest BCUT2D eigenvalue weighted by Crippen LogP contribution is -2.03. The molecular weight excluding hydrogens is 306 g/mol. The second-order valence-electron chi connectivity index (χ2n) is 5.25. The van der Waals surface area contributed by atoms with Crippen molar-refractivity contribution in [1.29, 1.82) is 5.26 Å². The zero-order chi connectivity index (χ0) is 16.4. The number of rotatable bonds is 3. The summed E-state index contributed by atoms with van der Waals surface area (Å²) in [5.74, 6) is 0.475. The Labute approximate surface area is 138 Å². The maximum Gasteiger partial charge on any atom is 0.171 e. The van der Waals surface area contributed by atoms with Gasteiger partial charge in [0.25, 0.3) is 0 Å². The maximum absolute atomic E-state index is 9.37. The summed E-state index contributed by atoms with van der Waals surface area (Å²) in [5, 5.41) is 23.8. The van der Waals surface area contributed by atoms with Gasteiger partial charge >= 0.3 is 0 Å². The van der Waals surface area contributed by atoms with Crippen molar-refractivity contribution in [2.75, 3.05) is 5.32 Å². The highest BCUT2D eigenvalue weighted by Crippen LogP contribution is 2.28. The zero-order valence-electron chi connectivity index (χ0n) is 13.1. The lowest BCUT2D eigenvalue weighted by molar-refractivity contribution is 0.960. The van der Waals surface area contributed by atoms with Gasteiger partial charge in [-0.25, -0.2) is 4.98 Å². The lowest BCUT2D eigenvalue weighted by atomic mass is 10.1. The predicted molar refractivity (Wildman–Crippen MR) is 91.8 cm³/mol. The van der Waals surface area contributed by atoms with Crippen molar-refractivity contribution in [1.82, 2.24) is 15.2 Å². The third-order valence-electron chi connectivity index (χ3n) is 3.56. The van der Waals surface area contributed by atoms with E-state index in [-0.39, 0.29) is 0 Å². The summed E-state index contributed by atoms with van der Waals surface area (Å²) in [6.45, 7) is 5.70. The van der Waals surface area contributed by atoms with Crippen LogP contribution in [0.4, 0.5) is 11.5 Å². The Hall–Kier alpha value is -2.78. The Bertz CT molecular complexity index is 908. The summed E-state index contributed by atoms with van der Waals surface area (Å²) in [4.78, 5) is 4.50. The van der Waals surface area contributed by atoms with Crippen molar-refractivity contribution in [2.45, 2.75) is 20.8 Å². The molecule has 0 fully saturated rings. The van der Waals surface area contributed by atoms with Crippen LogP contribution in [0.1, 0.15) is 22.5 Å². The van der Waals surface area contributed by atoms with Gasteiger partial charge in [-0.2, -0.15) is 10.4 Å². The second kappa shape index (κ2) is 6.15. The summed E-state index contributed by atoms with van der Waals surface area (Å²) in [6.07, 6.45) is 0. The lowest BCUT2D eigenvalue weighted by Gasteiger charge is -2.10. The number of aromatic nitrogens is 3. The number of thiazole rings is 1. The molecule has 0 spiro atoms. The molecule has 3 aromatic rings. The molecule has 0 bridgehead atoms. The molecule has 114 valence electrons. The minimum absolute atomic E-state index is 0.475. The van der Waals surface area contributed by atoms with E-state index in [4.69, 9.17) is 0 Å². The van der Waals surface area contributed by atoms with Crippen LogP contribution in [0, 0.1) is 32.1 Å². The van der Waals surface area contributed by atoms with Crippen LogP contribution in [-0.4, -0.2) is 15.2 Å². The Morgan fingerprint density at radius 2 is 2.00 bits per heavy atom. The first kappa shape index (κ1) is 15.1. The number of nitrogens with zero attached hydrogens (tertiary/aromatic N) is 4. The quantitative estimate of drug-likeness (QED) is 0.784. The molecule has 6 heteroatoms. The van der Waals surface area contributed by atoms with Gasteiger partial charge in [-0.1, -0.05) is 12.1 Å². The molecule has 1 N–H and O–H groups in total. The van der Waals surface area contributed by atoms with Gasteiger partial charge in [0.2, 0.25) is 0 Å².